The van der Waals surface area contributed by atoms with Crippen molar-refractivity contribution in [3.05, 3.63) is 89.5 Å². The highest BCUT2D eigenvalue weighted by Gasteiger charge is 2.31. The summed E-state index contributed by atoms with van der Waals surface area (Å²) in [6, 6.07) is 24.7. The minimum Gasteiger partial charge on any atom is -0.497 e. The number of benzene rings is 3. The van der Waals surface area contributed by atoms with Crippen LogP contribution in [-0.2, 0) is 5.41 Å². The van der Waals surface area contributed by atoms with Gasteiger partial charge in [-0.25, -0.2) is 0 Å². The van der Waals surface area contributed by atoms with E-state index in [1.807, 2.05) is 36.4 Å². The Bertz CT molecular complexity index is 718. The number of rotatable bonds is 6. The van der Waals surface area contributed by atoms with Crippen LogP contribution in [0, 0.1) is 0 Å². The van der Waals surface area contributed by atoms with Gasteiger partial charge in [-0.2, -0.15) is 0 Å². The SMILES string of the molecule is COc1ccc(C(C)(c2ccc(OC)cc2)c2ccc(OC)cc2)cc1. The number of hydrogen-bond donors (Lipinski definition) is 0. The minimum absolute atomic E-state index is 0.315. The fraction of sp³-hybridized carbons (Fsp3) is 0.217. The number of ether oxygens (including phenoxy) is 3. The van der Waals surface area contributed by atoms with Crippen LogP contribution in [0.2, 0.25) is 0 Å². The summed E-state index contributed by atoms with van der Waals surface area (Å²) in [5.74, 6) is 2.54. The summed E-state index contributed by atoms with van der Waals surface area (Å²) in [4.78, 5) is 0. The molecule has 3 heteroatoms. The molecule has 0 aliphatic heterocycles. The van der Waals surface area contributed by atoms with E-state index in [4.69, 9.17) is 14.2 Å². The van der Waals surface area contributed by atoms with Gasteiger partial charge in [0.1, 0.15) is 17.2 Å². The molecule has 0 aliphatic rings. The summed E-state index contributed by atoms with van der Waals surface area (Å²) in [6.45, 7) is 2.23. The van der Waals surface area contributed by atoms with E-state index in [1.165, 1.54) is 16.7 Å². The lowest BCUT2D eigenvalue weighted by atomic mass is 9.71. The van der Waals surface area contributed by atoms with Crippen LogP contribution < -0.4 is 14.2 Å². The van der Waals surface area contributed by atoms with Gasteiger partial charge in [0.15, 0.2) is 0 Å². The van der Waals surface area contributed by atoms with E-state index in [2.05, 4.69) is 43.3 Å². The lowest BCUT2D eigenvalue weighted by molar-refractivity contribution is 0.413. The Balaban J connectivity index is 2.15. The van der Waals surface area contributed by atoms with Crippen molar-refractivity contribution in [1.82, 2.24) is 0 Å². The molecule has 0 aromatic heterocycles. The van der Waals surface area contributed by atoms with Gasteiger partial charge in [-0.15, -0.1) is 0 Å². The number of hydrogen-bond acceptors (Lipinski definition) is 3. The average molecular weight is 348 g/mol. The molecular formula is C23H24O3. The summed E-state index contributed by atoms with van der Waals surface area (Å²) in [5.41, 5.74) is 3.25. The van der Waals surface area contributed by atoms with E-state index in [0.717, 1.165) is 17.2 Å². The molecule has 3 aromatic rings. The standard InChI is InChI=1S/C23H24O3/c1-23(17-5-11-20(24-2)12-6-17,18-7-13-21(25-3)14-8-18)19-9-15-22(26-4)16-10-19/h5-16H,1-4H3. The van der Waals surface area contributed by atoms with Crippen LogP contribution in [0.5, 0.6) is 17.2 Å². The molecule has 3 rings (SSSR count). The predicted molar refractivity (Wildman–Crippen MR) is 105 cm³/mol. The van der Waals surface area contributed by atoms with Crippen molar-refractivity contribution in [3.8, 4) is 17.2 Å². The molecule has 0 fully saturated rings. The van der Waals surface area contributed by atoms with E-state index in [0.29, 0.717) is 0 Å². The summed E-state index contributed by atoms with van der Waals surface area (Å²) in [7, 11) is 5.05. The van der Waals surface area contributed by atoms with E-state index in [9.17, 15) is 0 Å². The van der Waals surface area contributed by atoms with Gasteiger partial charge in [0.2, 0.25) is 0 Å². The maximum absolute atomic E-state index is 5.32. The van der Waals surface area contributed by atoms with Crippen LogP contribution in [0.4, 0.5) is 0 Å². The third kappa shape index (κ3) is 3.25. The summed E-state index contributed by atoms with van der Waals surface area (Å²) in [5, 5.41) is 0. The second-order valence-corrected chi connectivity index (χ2v) is 6.31. The van der Waals surface area contributed by atoms with E-state index >= 15 is 0 Å². The fourth-order valence-corrected chi connectivity index (χ4v) is 3.27. The minimum atomic E-state index is -0.315. The summed E-state index contributed by atoms with van der Waals surface area (Å²) >= 11 is 0. The summed E-state index contributed by atoms with van der Waals surface area (Å²) in [6.07, 6.45) is 0. The molecule has 0 aliphatic carbocycles. The highest BCUT2D eigenvalue weighted by Crippen LogP contribution is 2.40. The Morgan fingerprint density at radius 2 is 0.692 bits per heavy atom. The topological polar surface area (TPSA) is 27.7 Å². The first kappa shape index (κ1) is 17.9. The van der Waals surface area contributed by atoms with E-state index in [1.54, 1.807) is 21.3 Å². The predicted octanol–water partition coefficient (Wildman–Crippen LogP) is 5.07. The molecule has 26 heavy (non-hydrogen) atoms. The normalized spacial score (nSPS) is 11.1. The van der Waals surface area contributed by atoms with Gasteiger partial charge in [0, 0.05) is 5.41 Å². The van der Waals surface area contributed by atoms with Crippen LogP contribution >= 0.6 is 0 Å². The smallest absolute Gasteiger partial charge is 0.118 e. The molecule has 0 amide bonds. The molecular weight excluding hydrogens is 324 g/mol. The summed E-state index contributed by atoms with van der Waals surface area (Å²) < 4.78 is 16.0. The van der Waals surface area contributed by atoms with Crippen molar-refractivity contribution in [2.24, 2.45) is 0 Å². The fourth-order valence-electron chi connectivity index (χ4n) is 3.27. The van der Waals surface area contributed by atoms with Gasteiger partial charge >= 0.3 is 0 Å². The molecule has 3 aromatic carbocycles. The zero-order valence-corrected chi connectivity index (χ0v) is 15.7. The van der Waals surface area contributed by atoms with E-state index in [-0.39, 0.29) is 5.41 Å². The second-order valence-electron chi connectivity index (χ2n) is 6.31. The zero-order valence-electron chi connectivity index (χ0n) is 15.7. The lowest BCUT2D eigenvalue weighted by Gasteiger charge is -2.32. The molecule has 0 unspecified atom stereocenters. The lowest BCUT2D eigenvalue weighted by Crippen LogP contribution is -2.25. The van der Waals surface area contributed by atoms with Gasteiger partial charge in [-0.3, -0.25) is 0 Å². The average Bonchev–Trinajstić information content (AvgIpc) is 2.73. The highest BCUT2D eigenvalue weighted by atomic mass is 16.5. The van der Waals surface area contributed by atoms with Crippen molar-refractivity contribution in [3.63, 3.8) is 0 Å². The molecule has 0 spiro atoms. The van der Waals surface area contributed by atoms with Gasteiger partial charge < -0.3 is 14.2 Å². The molecule has 0 atom stereocenters. The van der Waals surface area contributed by atoms with Crippen molar-refractivity contribution in [2.75, 3.05) is 21.3 Å². The first-order chi connectivity index (χ1) is 12.6. The Hall–Kier alpha value is -2.94. The third-order valence-corrected chi connectivity index (χ3v) is 5.00. The molecule has 0 saturated heterocycles. The molecule has 0 radical (unpaired) electrons. The molecule has 0 heterocycles. The van der Waals surface area contributed by atoms with Crippen LogP contribution in [-0.4, -0.2) is 21.3 Å². The van der Waals surface area contributed by atoms with E-state index < -0.39 is 0 Å². The van der Waals surface area contributed by atoms with Crippen LogP contribution in [0.25, 0.3) is 0 Å². The molecule has 0 bridgehead atoms. The van der Waals surface area contributed by atoms with Crippen molar-refractivity contribution in [1.29, 1.82) is 0 Å². The molecule has 0 N–H and O–H groups in total. The van der Waals surface area contributed by atoms with Crippen molar-refractivity contribution < 1.29 is 14.2 Å². The quantitative estimate of drug-likeness (QED) is 0.582. The highest BCUT2D eigenvalue weighted by molar-refractivity contribution is 5.52. The van der Waals surface area contributed by atoms with Gasteiger partial charge in [0.05, 0.1) is 21.3 Å². The maximum Gasteiger partial charge on any atom is 0.118 e. The number of methoxy groups -OCH3 is 3. The van der Waals surface area contributed by atoms with Gasteiger partial charge in [0.25, 0.3) is 0 Å². The zero-order chi connectivity index (χ0) is 18.6. The van der Waals surface area contributed by atoms with Crippen molar-refractivity contribution >= 4 is 0 Å². The third-order valence-electron chi connectivity index (χ3n) is 5.00. The maximum atomic E-state index is 5.32. The second kappa shape index (κ2) is 7.52. The Morgan fingerprint density at radius 1 is 0.462 bits per heavy atom. The van der Waals surface area contributed by atoms with Crippen molar-refractivity contribution in [2.45, 2.75) is 12.3 Å². The Morgan fingerprint density at radius 3 is 0.885 bits per heavy atom. The van der Waals surface area contributed by atoms with Gasteiger partial charge in [-0.1, -0.05) is 36.4 Å². The Labute approximate surface area is 155 Å². The Kier molecular flexibility index (Phi) is 5.17. The van der Waals surface area contributed by atoms with Crippen LogP contribution in [0.3, 0.4) is 0 Å². The first-order valence-corrected chi connectivity index (χ1v) is 8.55. The molecule has 0 saturated carbocycles. The molecule has 134 valence electrons. The van der Waals surface area contributed by atoms with Crippen LogP contribution in [0.15, 0.2) is 72.8 Å². The monoisotopic (exact) mass is 348 g/mol. The molecule has 3 nitrogen and oxygen atoms in total. The largest absolute Gasteiger partial charge is 0.497 e. The first-order valence-electron chi connectivity index (χ1n) is 8.55. The van der Waals surface area contributed by atoms with Crippen LogP contribution in [0.1, 0.15) is 23.6 Å². The van der Waals surface area contributed by atoms with Gasteiger partial charge in [-0.05, 0) is 60.0 Å².